The standard InChI is InChI=1S/C29H25F6N5O2/c1-27(2)25(41)40(22-8-7-20(16-37)24(14-22)29(33,34)35)26(42)39(27)11-4-3-10-38-12-9-21(17-38)18-5-6-19(15-36)23(13-18)28(30,31)32/h3-8,13-14,21H,9-12,17H2,1-2H3/b4-3-. The molecule has 2 aliphatic rings. The number of hydrogen-bond acceptors (Lipinski definition) is 5. The number of nitrogens with zero attached hydrogens (tertiary/aromatic N) is 5. The highest BCUT2D eigenvalue weighted by Gasteiger charge is 2.51. The lowest BCUT2D eigenvalue weighted by Gasteiger charge is -2.26. The van der Waals surface area contributed by atoms with E-state index in [1.54, 1.807) is 18.2 Å². The molecule has 0 radical (unpaired) electrons. The smallest absolute Gasteiger partial charge is 0.306 e. The third-order valence-electron chi connectivity index (χ3n) is 7.54. The molecule has 2 heterocycles. The van der Waals surface area contributed by atoms with E-state index in [2.05, 4.69) is 0 Å². The van der Waals surface area contributed by atoms with Crippen LogP contribution in [0.15, 0.2) is 48.6 Å². The number of rotatable bonds is 6. The number of imide groups is 1. The van der Waals surface area contributed by atoms with Crippen LogP contribution in [0.4, 0.5) is 36.8 Å². The second kappa shape index (κ2) is 11.1. The summed E-state index contributed by atoms with van der Waals surface area (Å²) in [5.74, 6) is -0.881. The number of likely N-dealkylation sites (tertiary alicyclic amines) is 1. The van der Waals surface area contributed by atoms with Gasteiger partial charge in [-0.15, -0.1) is 0 Å². The lowest BCUT2D eigenvalue weighted by atomic mass is 9.94. The second-order valence-corrected chi connectivity index (χ2v) is 10.6. The van der Waals surface area contributed by atoms with Gasteiger partial charge in [0.15, 0.2) is 0 Å². The Labute approximate surface area is 237 Å². The summed E-state index contributed by atoms with van der Waals surface area (Å²) < 4.78 is 80.4. The molecule has 2 aromatic rings. The molecule has 7 nitrogen and oxygen atoms in total. The number of alkyl halides is 6. The topological polar surface area (TPSA) is 91.4 Å². The molecule has 2 saturated heterocycles. The minimum Gasteiger partial charge on any atom is -0.306 e. The van der Waals surface area contributed by atoms with E-state index < -0.39 is 52.1 Å². The van der Waals surface area contributed by atoms with Crippen molar-refractivity contribution in [1.29, 1.82) is 10.5 Å². The van der Waals surface area contributed by atoms with Crippen LogP contribution in [0.2, 0.25) is 0 Å². The summed E-state index contributed by atoms with van der Waals surface area (Å²) in [6, 6.07) is 8.61. The molecule has 220 valence electrons. The van der Waals surface area contributed by atoms with E-state index in [1.807, 2.05) is 4.90 Å². The van der Waals surface area contributed by atoms with Gasteiger partial charge in [-0.25, -0.2) is 9.69 Å². The zero-order chi connectivity index (χ0) is 31.0. The van der Waals surface area contributed by atoms with Gasteiger partial charge >= 0.3 is 18.4 Å². The van der Waals surface area contributed by atoms with E-state index in [9.17, 15) is 35.9 Å². The Balaban J connectivity index is 1.42. The first-order chi connectivity index (χ1) is 19.6. The summed E-state index contributed by atoms with van der Waals surface area (Å²) in [7, 11) is 0. The Morgan fingerprint density at radius 2 is 1.48 bits per heavy atom. The Morgan fingerprint density at radius 1 is 0.905 bits per heavy atom. The number of halogens is 6. The van der Waals surface area contributed by atoms with Crippen LogP contribution >= 0.6 is 0 Å². The van der Waals surface area contributed by atoms with Crippen LogP contribution in [0.1, 0.15) is 54.0 Å². The number of benzene rings is 2. The molecule has 2 fully saturated rings. The van der Waals surface area contributed by atoms with Crippen molar-refractivity contribution < 1.29 is 35.9 Å². The van der Waals surface area contributed by atoms with E-state index in [-0.39, 0.29) is 18.2 Å². The molecule has 0 N–H and O–H groups in total. The summed E-state index contributed by atoms with van der Waals surface area (Å²) in [4.78, 5) is 30.2. The van der Waals surface area contributed by atoms with Gasteiger partial charge in [-0.3, -0.25) is 9.69 Å². The molecular weight excluding hydrogens is 564 g/mol. The van der Waals surface area contributed by atoms with Gasteiger partial charge in [-0.1, -0.05) is 18.2 Å². The third kappa shape index (κ3) is 5.83. The van der Waals surface area contributed by atoms with E-state index >= 15 is 0 Å². The number of anilines is 1. The lowest BCUT2D eigenvalue weighted by molar-refractivity contribution is -0.138. The first-order valence-electron chi connectivity index (χ1n) is 12.9. The summed E-state index contributed by atoms with van der Waals surface area (Å²) in [5, 5.41) is 18.0. The summed E-state index contributed by atoms with van der Waals surface area (Å²) in [5.41, 5.74) is -4.44. The van der Waals surface area contributed by atoms with Crippen molar-refractivity contribution in [1.82, 2.24) is 9.80 Å². The van der Waals surface area contributed by atoms with E-state index in [0.29, 0.717) is 42.6 Å². The third-order valence-corrected chi connectivity index (χ3v) is 7.54. The average Bonchev–Trinajstić information content (AvgIpc) is 3.46. The van der Waals surface area contributed by atoms with Gasteiger partial charge in [0.25, 0.3) is 5.91 Å². The Kier molecular flexibility index (Phi) is 8.11. The maximum absolute atomic E-state index is 13.5. The normalized spacial score (nSPS) is 19.5. The van der Waals surface area contributed by atoms with Crippen LogP contribution in [-0.4, -0.2) is 53.5 Å². The van der Waals surface area contributed by atoms with Crippen molar-refractivity contribution in [3.05, 3.63) is 76.4 Å². The minimum absolute atomic E-state index is 0.0156. The molecule has 0 aliphatic carbocycles. The quantitative estimate of drug-likeness (QED) is 0.232. The number of carbonyl (C=O) groups is 2. The second-order valence-electron chi connectivity index (χ2n) is 10.6. The predicted molar refractivity (Wildman–Crippen MR) is 139 cm³/mol. The number of amides is 3. The molecule has 2 aliphatic heterocycles. The van der Waals surface area contributed by atoms with Gasteiger partial charge in [0.05, 0.1) is 40.1 Å². The maximum Gasteiger partial charge on any atom is 0.417 e. The number of hydrogen-bond donors (Lipinski definition) is 0. The van der Waals surface area contributed by atoms with Crippen LogP contribution in [0, 0.1) is 22.7 Å². The number of urea groups is 1. The molecule has 2 aromatic carbocycles. The van der Waals surface area contributed by atoms with Gasteiger partial charge < -0.3 is 4.90 Å². The molecule has 0 aromatic heterocycles. The number of nitriles is 2. The molecule has 42 heavy (non-hydrogen) atoms. The number of carbonyl (C=O) groups excluding carboxylic acids is 2. The lowest BCUT2D eigenvalue weighted by Crippen LogP contribution is -2.44. The highest BCUT2D eigenvalue weighted by Crippen LogP contribution is 2.38. The fraction of sp³-hybridized carbons (Fsp3) is 0.379. The first kappa shape index (κ1) is 30.6. The molecule has 1 atom stereocenters. The van der Waals surface area contributed by atoms with E-state index in [4.69, 9.17) is 10.5 Å². The Hall–Kier alpha value is -4.36. The van der Waals surface area contributed by atoms with Crippen molar-refractivity contribution in [2.75, 3.05) is 31.1 Å². The summed E-state index contributed by atoms with van der Waals surface area (Å²) >= 11 is 0. The van der Waals surface area contributed by atoms with Gasteiger partial charge in [-0.2, -0.15) is 36.9 Å². The molecule has 0 saturated carbocycles. The fourth-order valence-corrected chi connectivity index (χ4v) is 5.20. The predicted octanol–water partition coefficient (Wildman–Crippen LogP) is 6.06. The molecule has 4 rings (SSSR count). The molecular formula is C29H25F6N5O2. The van der Waals surface area contributed by atoms with Crippen LogP contribution in [-0.2, 0) is 17.1 Å². The van der Waals surface area contributed by atoms with Crippen molar-refractivity contribution >= 4 is 17.6 Å². The molecule has 1 unspecified atom stereocenters. The SMILES string of the molecule is CC1(C)C(=O)N(c2ccc(C#N)c(C(F)(F)F)c2)C(=O)N1C/C=C\CN1CCC(c2ccc(C#N)c(C(F)(F)F)c2)C1. The monoisotopic (exact) mass is 589 g/mol. The first-order valence-corrected chi connectivity index (χ1v) is 12.9. The van der Waals surface area contributed by atoms with Crippen LogP contribution in [0.5, 0.6) is 0 Å². The summed E-state index contributed by atoms with van der Waals surface area (Å²) in [6.45, 7) is 4.45. The van der Waals surface area contributed by atoms with Crippen molar-refractivity contribution in [3.8, 4) is 12.1 Å². The van der Waals surface area contributed by atoms with Crippen molar-refractivity contribution in [3.63, 3.8) is 0 Å². The van der Waals surface area contributed by atoms with Crippen LogP contribution in [0.25, 0.3) is 0 Å². The van der Waals surface area contributed by atoms with Crippen LogP contribution < -0.4 is 4.90 Å². The van der Waals surface area contributed by atoms with Crippen LogP contribution in [0.3, 0.4) is 0 Å². The fourth-order valence-electron chi connectivity index (χ4n) is 5.20. The van der Waals surface area contributed by atoms with E-state index in [1.165, 1.54) is 36.9 Å². The Morgan fingerprint density at radius 3 is 2.07 bits per heavy atom. The molecule has 0 spiro atoms. The highest BCUT2D eigenvalue weighted by atomic mass is 19.4. The van der Waals surface area contributed by atoms with Crippen molar-refractivity contribution in [2.24, 2.45) is 0 Å². The minimum atomic E-state index is -4.86. The van der Waals surface area contributed by atoms with Crippen molar-refractivity contribution in [2.45, 2.75) is 44.1 Å². The van der Waals surface area contributed by atoms with Gasteiger partial charge in [-0.05, 0) is 68.6 Å². The summed E-state index contributed by atoms with van der Waals surface area (Å²) in [6.07, 6.45) is -5.49. The van der Waals surface area contributed by atoms with Gasteiger partial charge in [0.1, 0.15) is 5.54 Å². The molecule has 3 amide bonds. The molecule has 0 bridgehead atoms. The van der Waals surface area contributed by atoms with Gasteiger partial charge in [0, 0.05) is 19.6 Å². The maximum atomic E-state index is 13.5. The highest BCUT2D eigenvalue weighted by molar-refractivity contribution is 6.23. The van der Waals surface area contributed by atoms with Gasteiger partial charge in [0.2, 0.25) is 0 Å². The average molecular weight is 590 g/mol. The zero-order valence-corrected chi connectivity index (χ0v) is 22.6. The van der Waals surface area contributed by atoms with E-state index in [0.717, 1.165) is 18.2 Å². The zero-order valence-electron chi connectivity index (χ0n) is 22.6. The Bertz CT molecular complexity index is 1520. The largest absolute Gasteiger partial charge is 0.417 e. The molecule has 13 heteroatoms.